The third-order valence-corrected chi connectivity index (χ3v) is 7.32. The average Bonchev–Trinajstić information content (AvgIpc) is 3.15. The van der Waals surface area contributed by atoms with Gasteiger partial charge in [0.15, 0.2) is 11.6 Å². The standard InChI is InChI=1S/C27H28FNO4S/c1-17-5-10-21(11-6-17)34-25-15-26(30)29(16-19-7-9-20(31-2)14-23(19)32-3)27(25)18-8-12-22(28)24(13-18)33-4/h5-14,25,27H,15-16H2,1-4H3. The fraction of sp³-hybridized carbons (Fsp3) is 0.296. The summed E-state index contributed by atoms with van der Waals surface area (Å²) in [7, 11) is 4.65. The van der Waals surface area contributed by atoms with Gasteiger partial charge in [0.2, 0.25) is 5.91 Å². The van der Waals surface area contributed by atoms with Gasteiger partial charge in [-0.2, -0.15) is 0 Å². The highest BCUT2D eigenvalue weighted by Crippen LogP contribution is 2.45. The quantitative estimate of drug-likeness (QED) is 0.407. The number of carbonyl (C=O) groups excluding carboxylic acids is 1. The summed E-state index contributed by atoms with van der Waals surface area (Å²) in [5.74, 6) is 1.11. The molecule has 3 aromatic rings. The number of rotatable bonds is 8. The van der Waals surface area contributed by atoms with Crippen molar-refractivity contribution in [3.8, 4) is 17.2 Å². The van der Waals surface area contributed by atoms with E-state index in [1.165, 1.54) is 18.7 Å². The van der Waals surface area contributed by atoms with E-state index < -0.39 is 5.82 Å². The fourth-order valence-electron chi connectivity index (χ4n) is 4.26. The second-order valence-electron chi connectivity index (χ2n) is 8.21. The molecule has 0 saturated carbocycles. The monoisotopic (exact) mass is 481 g/mol. The molecule has 5 nitrogen and oxygen atoms in total. The van der Waals surface area contributed by atoms with E-state index in [1.54, 1.807) is 38.1 Å². The van der Waals surface area contributed by atoms with Crippen LogP contribution in [0.25, 0.3) is 0 Å². The molecule has 0 spiro atoms. The van der Waals surface area contributed by atoms with Crippen molar-refractivity contribution in [1.29, 1.82) is 0 Å². The maximum Gasteiger partial charge on any atom is 0.224 e. The van der Waals surface area contributed by atoms with Crippen LogP contribution in [0, 0.1) is 12.7 Å². The lowest BCUT2D eigenvalue weighted by atomic mass is 10.0. The summed E-state index contributed by atoms with van der Waals surface area (Å²) in [6, 6.07) is 18.4. The first-order valence-corrected chi connectivity index (χ1v) is 11.9. The van der Waals surface area contributed by atoms with E-state index in [-0.39, 0.29) is 22.9 Å². The van der Waals surface area contributed by atoms with Gasteiger partial charge in [-0.05, 0) is 48.9 Å². The molecule has 0 bridgehead atoms. The van der Waals surface area contributed by atoms with Crippen molar-refractivity contribution in [3.63, 3.8) is 0 Å². The van der Waals surface area contributed by atoms with Crippen molar-refractivity contribution < 1.29 is 23.4 Å². The highest BCUT2D eigenvalue weighted by atomic mass is 32.2. The zero-order chi connectivity index (χ0) is 24.2. The van der Waals surface area contributed by atoms with Gasteiger partial charge in [0.05, 0.1) is 27.4 Å². The number of hydrogen-bond donors (Lipinski definition) is 0. The van der Waals surface area contributed by atoms with Gasteiger partial charge in [-0.15, -0.1) is 11.8 Å². The zero-order valence-corrected chi connectivity index (χ0v) is 20.5. The van der Waals surface area contributed by atoms with Crippen molar-refractivity contribution in [2.45, 2.75) is 36.1 Å². The lowest BCUT2D eigenvalue weighted by Crippen LogP contribution is -2.29. The Balaban J connectivity index is 1.71. The molecule has 7 heteroatoms. The molecule has 1 aliphatic rings. The van der Waals surface area contributed by atoms with E-state index in [2.05, 4.69) is 24.3 Å². The summed E-state index contributed by atoms with van der Waals surface area (Å²) < 4.78 is 30.3. The molecule has 1 heterocycles. The van der Waals surface area contributed by atoms with E-state index in [4.69, 9.17) is 14.2 Å². The Bertz CT molecular complexity index is 1170. The van der Waals surface area contributed by atoms with Crippen LogP contribution in [0.5, 0.6) is 17.2 Å². The summed E-state index contributed by atoms with van der Waals surface area (Å²) in [6.07, 6.45) is 0.376. The van der Waals surface area contributed by atoms with E-state index in [0.29, 0.717) is 24.5 Å². The maximum atomic E-state index is 14.2. The van der Waals surface area contributed by atoms with Crippen molar-refractivity contribution >= 4 is 17.7 Å². The zero-order valence-electron chi connectivity index (χ0n) is 19.7. The second-order valence-corrected chi connectivity index (χ2v) is 9.52. The molecule has 1 amide bonds. The van der Waals surface area contributed by atoms with Crippen LogP contribution >= 0.6 is 11.8 Å². The lowest BCUT2D eigenvalue weighted by molar-refractivity contribution is -0.129. The molecule has 2 unspecified atom stereocenters. The first-order chi connectivity index (χ1) is 16.4. The summed E-state index contributed by atoms with van der Waals surface area (Å²) in [6.45, 7) is 2.41. The summed E-state index contributed by atoms with van der Waals surface area (Å²) >= 11 is 1.67. The number of carbonyl (C=O) groups is 1. The molecule has 0 radical (unpaired) electrons. The number of amides is 1. The van der Waals surface area contributed by atoms with Gasteiger partial charge < -0.3 is 19.1 Å². The number of aryl methyl sites for hydroxylation is 1. The SMILES string of the molecule is COc1ccc(CN2C(=O)CC(Sc3ccc(C)cc3)C2c2ccc(F)c(OC)c2)c(OC)c1. The normalized spacial score (nSPS) is 17.7. The van der Waals surface area contributed by atoms with Gasteiger partial charge in [-0.3, -0.25) is 4.79 Å². The van der Waals surface area contributed by atoms with Crippen molar-refractivity contribution in [2.24, 2.45) is 0 Å². The van der Waals surface area contributed by atoms with Crippen molar-refractivity contribution in [3.05, 3.63) is 83.2 Å². The number of likely N-dealkylation sites (tertiary alicyclic amines) is 1. The second kappa shape index (κ2) is 10.4. The maximum absolute atomic E-state index is 14.2. The predicted octanol–water partition coefficient (Wildman–Crippen LogP) is 5.79. The third-order valence-electron chi connectivity index (χ3n) is 6.04. The number of ether oxygens (including phenoxy) is 3. The number of methoxy groups -OCH3 is 3. The highest BCUT2D eigenvalue weighted by Gasteiger charge is 2.41. The molecular formula is C27H28FNO4S. The molecule has 1 fully saturated rings. The predicted molar refractivity (Wildman–Crippen MR) is 131 cm³/mol. The Labute approximate surface area is 203 Å². The lowest BCUT2D eigenvalue weighted by Gasteiger charge is -2.29. The average molecular weight is 482 g/mol. The van der Waals surface area contributed by atoms with Gasteiger partial charge in [-0.1, -0.05) is 23.8 Å². The molecule has 0 aromatic heterocycles. The van der Waals surface area contributed by atoms with Crippen LogP contribution in [-0.4, -0.2) is 37.4 Å². The van der Waals surface area contributed by atoms with Gasteiger partial charge >= 0.3 is 0 Å². The number of benzene rings is 3. The molecule has 0 N–H and O–H groups in total. The Hall–Kier alpha value is -3.19. The minimum absolute atomic E-state index is 0.0378. The fourth-order valence-corrected chi connectivity index (χ4v) is 5.56. The van der Waals surface area contributed by atoms with Crippen LogP contribution in [0.15, 0.2) is 65.6 Å². The molecule has 4 rings (SSSR count). The van der Waals surface area contributed by atoms with Gasteiger partial charge in [0.1, 0.15) is 11.5 Å². The molecule has 1 saturated heterocycles. The number of hydrogen-bond acceptors (Lipinski definition) is 5. The highest BCUT2D eigenvalue weighted by molar-refractivity contribution is 8.00. The summed E-state index contributed by atoms with van der Waals surface area (Å²) in [5, 5.41) is -0.0467. The topological polar surface area (TPSA) is 48.0 Å². The van der Waals surface area contributed by atoms with E-state index in [1.807, 2.05) is 30.0 Å². The first-order valence-electron chi connectivity index (χ1n) is 11.0. The van der Waals surface area contributed by atoms with Crippen LogP contribution in [0.1, 0.15) is 29.2 Å². The van der Waals surface area contributed by atoms with Crippen LogP contribution in [0.2, 0.25) is 0 Å². The first kappa shape index (κ1) is 24.0. The van der Waals surface area contributed by atoms with Gasteiger partial charge in [0, 0.05) is 34.7 Å². The minimum atomic E-state index is -0.429. The van der Waals surface area contributed by atoms with Gasteiger partial charge in [0.25, 0.3) is 0 Å². The number of nitrogens with zero attached hydrogens (tertiary/aromatic N) is 1. The van der Waals surface area contributed by atoms with Crippen LogP contribution in [0.4, 0.5) is 4.39 Å². The van der Waals surface area contributed by atoms with Crippen LogP contribution < -0.4 is 14.2 Å². The van der Waals surface area contributed by atoms with Gasteiger partial charge in [-0.25, -0.2) is 4.39 Å². The van der Waals surface area contributed by atoms with E-state index in [9.17, 15) is 9.18 Å². The Morgan fingerprint density at radius 3 is 2.35 bits per heavy atom. The molecule has 34 heavy (non-hydrogen) atoms. The van der Waals surface area contributed by atoms with E-state index >= 15 is 0 Å². The smallest absolute Gasteiger partial charge is 0.224 e. The van der Waals surface area contributed by atoms with Crippen molar-refractivity contribution in [1.82, 2.24) is 4.90 Å². The molecule has 1 aliphatic heterocycles. The molecule has 3 aromatic carbocycles. The van der Waals surface area contributed by atoms with E-state index in [0.717, 1.165) is 16.0 Å². The minimum Gasteiger partial charge on any atom is -0.497 e. The number of halogens is 1. The molecular weight excluding hydrogens is 453 g/mol. The summed E-state index contributed by atoms with van der Waals surface area (Å²) in [5.41, 5.74) is 2.89. The van der Waals surface area contributed by atoms with Crippen LogP contribution in [0.3, 0.4) is 0 Å². The Morgan fingerprint density at radius 2 is 1.68 bits per heavy atom. The van der Waals surface area contributed by atoms with Crippen molar-refractivity contribution in [2.75, 3.05) is 21.3 Å². The summed E-state index contributed by atoms with van der Waals surface area (Å²) in [4.78, 5) is 16.2. The molecule has 2 atom stereocenters. The number of thioether (sulfide) groups is 1. The largest absolute Gasteiger partial charge is 0.497 e. The third kappa shape index (κ3) is 4.99. The molecule has 178 valence electrons. The van der Waals surface area contributed by atoms with Crippen LogP contribution in [-0.2, 0) is 11.3 Å². The molecule has 0 aliphatic carbocycles. The Morgan fingerprint density at radius 1 is 0.941 bits per heavy atom. The Kier molecular flexibility index (Phi) is 7.32.